The molecule has 1 fully saturated rings. The lowest BCUT2D eigenvalue weighted by molar-refractivity contribution is -0.137. The Morgan fingerprint density at radius 3 is 2.72 bits per heavy atom. The van der Waals surface area contributed by atoms with Crippen molar-refractivity contribution in [3.63, 3.8) is 0 Å². The molecule has 2 aromatic heterocycles. The van der Waals surface area contributed by atoms with E-state index in [1.807, 2.05) is 6.92 Å². The van der Waals surface area contributed by atoms with Crippen LogP contribution in [0.5, 0.6) is 0 Å². The van der Waals surface area contributed by atoms with Crippen LogP contribution in [-0.4, -0.2) is 78.3 Å². The van der Waals surface area contributed by atoms with E-state index in [0.29, 0.717) is 30.1 Å². The Balaban J connectivity index is 2.04. The summed E-state index contributed by atoms with van der Waals surface area (Å²) in [6.45, 7) is 6.09. The second-order valence-corrected chi connectivity index (χ2v) is 6.52. The number of rotatable bonds is 5. The zero-order valence-corrected chi connectivity index (χ0v) is 16.3. The third-order valence-electron chi connectivity index (χ3n) is 4.28. The molecule has 0 unspecified atom stereocenters. The molecule has 5 atom stereocenters. The van der Waals surface area contributed by atoms with Gasteiger partial charge in [0, 0.05) is 13.1 Å². The van der Waals surface area contributed by atoms with E-state index in [2.05, 4.69) is 37.4 Å². The molecule has 0 aliphatic carbocycles. The lowest BCUT2D eigenvalue weighted by Gasteiger charge is -2.16. The average Bonchev–Trinajstić information content (AvgIpc) is 3.22. The molecule has 0 saturated carbocycles. The third-order valence-corrected chi connectivity index (χ3v) is 4.28. The molecular weight excluding hydrogens is 380 g/mol. The zero-order valence-electron chi connectivity index (χ0n) is 16.3. The van der Waals surface area contributed by atoms with Crippen molar-refractivity contribution in [2.24, 2.45) is 0 Å². The highest BCUT2D eigenvalue weighted by Crippen LogP contribution is 2.32. The molecule has 5 N–H and O–H groups in total. The number of aliphatic hydroxyl groups excluding tert-OH is 3. The van der Waals surface area contributed by atoms with E-state index in [9.17, 15) is 20.1 Å². The van der Waals surface area contributed by atoms with Crippen LogP contribution in [-0.2, 0) is 9.53 Å². The number of aliphatic hydroxyl groups is 3. The van der Waals surface area contributed by atoms with Gasteiger partial charge in [0.1, 0.15) is 18.3 Å². The predicted molar refractivity (Wildman–Crippen MR) is 103 cm³/mol. The molecule has 0 radical (unpaired) electrons. The van der Waals surface area contributed by atoms with Crippen LogP contribution in [0.1, 0.15) is 32.8 Å². The minimum absolute atomic E-state index is 0.143. The van der Waals surface area contributed by atoms with Crippen molar-refractivity contribution in [3.05, 3.63) is 12.2 Å². The fraction of sp³-hybridized carbons (Fsp3) is 0.556. The maximum absolute atomic E-state index is 12.1. The summed E-state index contributed by atoms with van der Waals surface area (Å²) in [6.07, 6.45) is -4.54. The largest absolute Gasteiger partial charge is 0.387 e. The predicted octanol–water partition coefficient (Wildman–Crippen LogP) is -1.25. The molecular formula is C18H24N6O5. The van der Waals surface area contributed by atoms with Gasteiger partial charge in [0.05, 0.1) is 6.33 Å². The van der Waals surface area contributed by atoms with Gasteiger partial charge in [0.15, 0.2) is 29.3 Å². The molecule has 0 aromatic carbocycles. The SMILES string of the molecule is CCNC(=O)[C@H]1O[C@@H](n2cnc3c(NCC)nc(C#C[C@H](C)O)nc32)[C@H](O)[C@@H]1O. The number of fused-ring (bicyclic) bond motifs is 1. The summed E-state index contributed by atoms with van der Waals surface area (Å²) in [5, 5.41) is 35.8. The number of carbonyl (C=O) groups is 1. The normalized spacial score (nSPS) is 24.8. The summed E-state index contributed by atoms with van der Waals surface area (Å²) in [5.74, 6) is 5.32. The standard InChI is InChI=1S/C18H24N6O5/c1-4-19-15-11-16(23-10(22-15)7-6-9(3)25)24(8-21-11)18-13(27)12(26)14(29-18)17(28)20-5-2/h8-9,12-14,18,25-27H,4-5H2,1-3H3,(H,20,28)(H,19,22,23)/t9-,12-,13+,14-,18+/m0/s1. The van der Waals surface area contributed by atoms with Crippen LogP contribution >= 0.6 is 0 Å². The van der Waals surface area contributed by atoms with Crippen molar-refractivity contribution in [2.45, 2.75) is 51.4 Å². The van der Waals surface area contributed by atoms with Gasteiger partial charge in [-0.3, -0.25) is 9.36 Å². The van der Waals surface area contributed by atoms with Crippen LogP contribution in [0.4, 0.5) is 5.82 Å². The number of amides is 1. The molecule has 156 valence electrons. The number of nitrogens with one attached hydrogen (secondary N) is 2. The van der Waals surface area contributed by atoms with E-state index in [1.165, 1.54) is 17.8 Å². The topological polar surface area (TPSA) is 155 Å². The maximum Gasteiger partial charge on any atom is 0.252 e. The molecule has 1 amide bonds. The van der Waals surface area contributed by atoms with Crippen LogP contribution in [0.25, 0.3) is 11.2 Å². The quantitative estimate of drug-likeness (QED) is 0.384. The Hall–Kier alpha value is -2.78. The van der Waals surface area contributed by atoms with E-state index >= 15 is 0 Å². The average molecular weight is 404 g/mol. The first-order valence-electron chi connectivity index (χ1n) is 9.34. The number of imidazole rings is 1. The highest BCUT2D eigenvalue weighted by atomic mass is 16.6. The fourth-order valence-corrected chi connectivity index (χ4v) is 3.00. The first-order valence-corrected chi connectivity index (χ1v) is 9.34. The first kappa shape index (κ1) is 20.9. The van der Waals surface area contributed by atoms with Crippen molar-refractivity contribution < 1.29 is 24.9 Å². The Morgan fingerprint density at radius 2 is 2.07 bits per heavy atom. The molecule has 3 rings (SSSR count). The Kier molecular flexibility index (Phi) is 6.29. The second kappa shape index (κ2) is 8.71. The summed E-state index contributed by atoms with van der Waals surface area (Å²) >= 11 is 0. The number of hydrogen-bond acceptors (Lipinski definition) is 9. The van der Waals surface area contributed by atoms with Crippen LogP contribution in [0, 0.1) is 11.8 Å². The summed E-state index contributed by atoms with van der Waals surface area (Å²) < 4.78 is 7.07. The molecule has 1 aliphatic heterocycles. The Bertz CT molecular complexity index is 949. The van der Waals surface area contributed by atoms with E-state index in [-0.39, 0.29) is 5.82 Å². The second-order valence-electron chi connectivity index (χ2n) is 6.52. The van der Waals surface area contributed by atoms with E-state index in [1.54, 1.807) is 6.92 Å². The minimum Gasteiger partial charge on any atom is -0.387 e. The number of likely N-dealkylation sites (N-methyl/N-ethyl adjacent to an activating group) is 1. The lowest BCUT2D eigenvalue weighted by Crippen LogP contribution is -2.42. The van der Waals surface area contributed by atoms with Gasteiger partial charge in [-0.1, -0.05) is 5.92 Å². The Labute approximate surface area is 167 Å². The molecule has 1 saturated heterocycles. The van der Waals surface area contributed by atoms with Crippen molar-refractivity contribution in [1.82, 2.24) is 24.8 Å². The fourth-order valence-electron chi connectivity index (χ4n) is 3.00. The molecule has 2 aromatic rings. The van der Waals surface area contributed by atoms with Crippen molar-refractivity contribution in [3.8, 4) is 11.8 Å². The molecule has 11 heteroatoms. The molecule has 11 nitrogen and oxygen atoms in total. The summed E-state index contributed by atoms with van der Waals surface area (Å²) in [7, 11) is 0. The molecule has 0 bridgehead atoms. The van der Waals surface area contributed by atoms with Gasteiger partial charge >= 0.3 is 0 Å². The third kappa shape index (κ3) is 4.15. The van der Waals surface area contributed by atoms with Gasteiger partial charge in [0.25, 0.3) is 5.91 Å². The number of carbonyl (C=O) groups excluding carboxylic acids is 1. The monoisotopic (exact) mass is 404 g/mol. The van der Waals surface area contributed by atoms with Gasteiger partial charge < -0.3 is 30.7 Å². The van der Waals surface area contributed by atoms with E-state index in [4.69, 9.17) is 4.74 Å². The Morgan fingerprint density at radius 1 is 1.31 bits per heavy atom. The van der Waals surface area contributed by atoms with Crippen LogP contribution in [0.15, 0.2) is 6.33 Å². The van der Waals surface area contributed by atoms with Crippen LogP contribution in [0.2, 0.25) is 0 Å². The van der Waals surface area contributed by atoms with Crippen molar-refractivity contribution >= 4 is 22.9 Å². The van der Waals surface area contributed by atoms with Gasteiger partial charge in [-0.25, -0.2) is 15.0 Å². The van der Waals surface area contributed by atoms with Crippen molar-refractivity contribution in [1.29, 1.82) is 0 Å². The summed E-state index contributed by atoms with van der Waals surface area (Å²) in [4.78, 5) is 25.1. The van der Waals surface area contributed by atoms with Gasteiger partial charge in [-0.15, -0.1) is 0 Å². The molecule has 3 heterocycles. The zero-order chi connectivity index (χ0) is 21.1. The van der Waals surface area contributed by atoms with E-state index in [0.717, 1.165) is 0 Å². The number of nitrogens with zero attached hydrogens (tertiary/aromatic N) is 4. The number of anilines is 1. The van der Waals surface area contributed by atoms with Crippen LogP contribution in [0.3, 0.4) is 0 Å². The smallest absolute Gasteiger partial charge is 0.252 e. The molecule has 1 aliphatic rings. The number of ether oxygens (including phenoxy) is 1. The van der Waals surface area contributed by atoms with Gasteiger partial charge in [-0.2, -0.15) is 0 Å². The highest BCUT2D eigenvalue weighted by molar-refractivity contribution is 5.84. The van der Waals surface area contributed by atoms with Gasteiger partial charge in [0.2, 0.25) is 5.82 Å². The summed E-state index contributed by atoms with van der Waals surface area (Å²) in [6, 6.07) is 0. The lowest BCUT2D eigenvalue weighted by atomic mass is 10.1. The summed E-state index contributed by atoms with van der Waals surface area (Å²) in [5.41, 5.74) is 0.722. The van der Waals surface area contributed by atoms with E-state index < -0.39 is 36.6 Å². The van der Waals surface area contributed by atoms with Gasteiger partial charge in [-0.05, 0) is 26.7 Å². The van der Waals surface area contributed by atoms with Crippen molar-refractivity contribution in [2.75, 3.05) is 18.4 Å². The maximum atomic E-state index is 12.1. The minimum atomic E-state index is -1.41. The molecule has 0 spiro atoms. The number of aromatic nitrogens is 4. The first-order chi connectivity index (χ1) is 13.9. The number of hydrogen-bond donors (Lipinski definition) is 5. The molecule has 29 heavy (non-hydrogen) atoms. The highest BCUT2D eigenvalue weighted by Gasteiger charge is 2.47. The van der Waals surface area contributed by atoms with Crippen LogP contribution < -0.4 is 10.6 Å².